The molecule has 0 unspecified atom stereocenters. The van der Waals surface area contributed by atoms with Crippen molar-refractivity contribution in [2.45, 2.75) is 26.7 Å². The Bertz CT molecular complexity index is 347. The highest BCUT2D eigenvalue weighted by Gasteiger charge is 2.16. The van der Waals surface area contributed by atoms with E-state index in [-0.39, 0.29) is 0 Å². The van der Waals surface area contributed by atoms with Gasteiger partial charge in [-0.05, 0) is 24.4 Å². The van der Waals surface area contributed by atoms with Crippen LogP contribution in [0.25, 0.3) is 0 Å². The topological polar surface area (TPSA) is 65.9 Å². The van der Waals surface area contributed by atoms with E-state index >= 15 is 0 Å². The number of nitriles is 1. The molecule has 1 aromatic heterocycles. The maximum atomic E-state index is 8.98. The Labute approximate surface area is 94.5 Å². The zero-order valence-electron chi connectivity index (χ0n) is 9.16. The highest BCUT2D eigenvalue weighted by Crippen LogP contribution is 2.29. The van der Waals surface area contributed by atoms with Crippen molar-refractivity contribution in [3.63, 3.8) is 0 Å². The fourth-order valence-corrected chi connectivity index (χ4v) is 2.28. The first-order valence-electron chi connectivity index (χ1n) is 5.14. The van der Waals surface area contributed by atoms with Gasteiger partial charge < -0.3 is 10.6 Å². The van der Waals surface area contributed by atoms with E-state index in [0.717, 1.165) is 30.9 Å². The van der Waals surface area contributed by atoms with E-state index in [2.05, 4.69) is 29.2 Å². The molecule has 1 aromatic rings. The second-order valence-corrected chi connectivity index (χ2v) is 4.10. The van der Waals surface area contributed by atoms with Gasteiger partial charge >= 0.3 is 0 Å². The van der Waals surface area contributed by atoms with Crippen molar-refractivity contribution >= 4 is 22.4 Å². The van der Waals surface area contributed by atoms with Crippen molar-refractivity contribution in [2.24, 2.45) is 0 Å². The van der Waals surface area contributed by atoms with Crippen LogP contribution in [-0.4, -0.2) is 17.5 Å². The lowest BCUT2D eigenvalue weighted by atomic mass is 10.3. The molecule has 0 aliphatic heterocycles. The van der Waals surface area contributed by atoms with Gasteiger partial charge in [0.2, 0.25) is 0 Å². The Morgan fingerprint density at radius 3 is 2.47 bits per heavy atom. The number of nitrogens with zero attached hydrogens (tertiary/aromatic N) is 3. The molecule has 0 atom stereocenters. The summed E-state index contributed by atoms with van der Waals surface area (Å²) in [6, 6.07) is 2.12. The molecular weight excluding hydrogens is 208 g/mol. The average Bonchev–Trinajstić information content (AvgIpc) is 2.59. The Balaban J connectivity index is 2.95. The zero-order valence-corrected chi connectivity index (χ0v) is 9.97. The van der Waals surface area contributed by atoms with Gasteiger partial charge in [-0.15, -0.1) is 0 Å². The summed E-state index contributed by atoms with van der Waals surface area (Å²) in [5.74, 6) is 0.356. The largest absolute Gasteiger partial charge is 0.382 e. The zero-order chi connectivity index (χ0) is 11.3. The van der Waals surface area contributed by atoms with Crippen LogP contribution in [0.1, 0.15) is 32.3 Å². The van der Waals surface area contributed by atoms with Crippen molar-refractivity contribution in [3.8, 4) is 6.07 Å². The maximum Gasteiger partial charge on any atom is 0.157 e. The fourth-order valence-electron chi connectivity index (χ4n) is 1.47. The van der Waals surface area contributed by atoms with E-state index in [4.69, 9.17) is 11.0 Å². The first-order chi connectivity index (χ1) is 7.24. The van der Waals surface area contributed by atoms with E-state index in [0.29, 0.717) is 11.4 Å². The SMILES string of the molecule is CCCN(CCC)c1snc(N)c1C#N. The Morgan fingerprint density at radius 1 is 1.40 bits per heavy atom. The first kappa shape index (κ1) is 11.8. The highest BCUT2D eigenvalue weighted by atomic mass is 32.1. The number of rotatable bonds is 5. The van der Waals surface area contributed by atoms with Gasteiger partial charge in [0.05, 0.1) is 0 Å². The molecule has 0 aliphatic carbocycles. The third-order valence-electron chi connectivity index (χ3n) is 2.09. The lowest BCUT2D eigenvalue weighted by molar-refractivity contribution is 0.750. The summed E-state index contributed by atoms with van der Waals surface area (Å²) in [6.45, 7) is 6.15. The van der Waals surface area contributed by atoms with Gasteiger partial charge in [0.25, 0.3) is 0 Å². The lowest BCUT2D eigenvalue weighted by Crippen LogP contribution is -2.24. The van der Waals surface area contributed by atoms with Gasteiger partial charge in [0.15, 0.2) is 5.82 Å². The molecule has 4 nitrogen and oxygen atoms in total. The van der Waals surface area contributed by atoms with Crippen LogP contribution in [-0.2, 0) is 0 Å². The lowest BCUT2D eigenvalue weighted by Gasteiger charge is -2.21. The molecular formula is C10H16N4S. The molecule has 0 spiro atoms. The molecule has 1 heterocycles. The van der Waals surface area contributed by atoms with Gasteiger partial charge in [-0.25, -0.2) is 0 Å². The summed E-state index contributed by atoms with van der Waals surface area (Å²) in [7, 11) is 0. The van der Waals surface area contributed by atoms with Gasteiger partial charge in [-0.2, -0.15) is 9.64 Å². The maximum absolute atomic E-state index is 8.98. The highest BCUT2D eigenvalue weighted by molar-refractivity contribution is 7.10. The van der Waals surface area contributed by atoms with Crippen LogP contribution in [0.15, 0.2) is 0 Å². The van der Waals surface area contributed by atoms with E-state index in [1.807, 2.05) is 0 Å². The average molecular weight is 224 g/mol. The molecule has 0 aromatic carbocycles. The van der Waals surface area contributed by atoms with Crippen LogP contribution in [0.2, 0.25) is 0 Å². The predicted octanol–water partition coefficient (Wildman–Crippen LogP) is 2.22. The van der Waals surface area contributed by atoms with Gasteiger partial charge in [0.1, 0.15) is 16.6 Å². The van der Waals surface area contributed by atoms with Crippen molar-refractivity contribution in [3.05, 3.63) is 5.56 Å². The summed E-state index contributed by atoms with van der Waals surface area (Å²) < 4.78 is 4.03. The second-order valence-electron chi connectivity index (χ2n) is 3.35. The van der Waals surface area contributed by atoms with E-state index in [9.17, 15) is 0 Å². The van der Waals surface area contributed by atoms with Gasteiger partial charge in [0, 0.05) is 13.1 Å². The molecule has 0 aliphatic rings. The number of nitrogens with two attached hydrogens (primary N) is 1. The quantitative estimate of drug-likeness (QED) is 0.832. The molecule has 0 amide bonds. The third-order valence-corrected chi connectivity index (χ3v) is 3.01. The molecule has 0 radical (unpaired) electrons. The predicted molar refractivity (Wildman–Crippen MR) is 64.0 cm³/mol. The summed E-state index contributed by atoms with van der Waals surface area (Å²) in [5, 5.41) is 9.90. The number of hydrogen-bond acceptors (Lipinski definition) is 5. The summed E-state index contributed by atoms with van der Waals surface area (Å²) in [4.78, 5) is 2.19. The monoisotopic (exact) mass is 224 g/mol. The molecule has 2 N–H and O–H groups in total. The van der Waals surface area contributed by atoms with Crippen molar-refractivity contribution < 1.29 is 0 Å². The number of nitrogen functional groups attached to an aromatic ring is 1. The van der Waals surface area contributed by atoms with E-state index in [1.54, 1.807) is 0 Å². The van der Waals surface area contributed by atoms with Crippen LogP contribution in [0.5, 0.6) is 0 Å². The van der Waals surface area contributed by atoms with Crippen molar-refractivity contribution in [2.75, 3.05) is 23.7 Å². The molecule has 0 saturated carbocycles. The molecule has 82 valence electrons. The molecule has 1 rings (SSSR count). The second kappa shape index (κ2) is 5.56. The molecule has 5 heteroatoms. The van der Waals surface area contributed by atoms with Gasteiger partial charge in [-0.3, -0.25) is 0 Å². The Hall–Kier alpha value is -1.28. The number of aromatic nitrogens is 1. The minimum atomic E-state index is 0.356. The summed E-state index contributed by atoms with van der Waals surface area (Å²) in [6.07, 6.45) is 2.12. The first-order valence-corrected chi connectivity index (χ1v) is 5.92. The van der Waals surface area contributed by atoms with Crippen LogP contribution < -0.4 is 10.6 Å². The van der Waals surface area contributed by atoms with E-state index < -0.39 is 0 Å². The fraction of sp³-hybridized carbons (Fsp3) is 0.600. The van der Waals surface area contributed by atoms with Crippen LogP contribution in [0, 0.1) is 11.3 Å². The third kappa shape index (κ3) is 2.60. The summed E-state index contributed by atoms with van der Waals surface area (Å²) in [5.41, 5.74) is 6.16. The molecule has 0 saturated heterocycles. The van der Waals surface area contributed by atoms with Crippen LogP contribution in [0.3, 0.4) is 0 Å². The minimum absolute atomic E-state index is 0.356. The number of hydrogen-bond donors (Lipinski definition) is 1. The smallest absolute Gasteiger partial charge is 0.157 e. The normalized spacial score (nSPS) is 9.93. The van der Waals surface area contributed by atoms with Crippen molar-refractivity contribution in [1.82, 2.24) is 4.37 Å². The minimum Gasteiger partial charge on any atom is -0.382 e. The van der Waals surface area contributed by atoms with E-state index in [1.165, 1.54) is 11.5 Å². The molecule has 0 bridgehead atoms. The van der Waals surface area contributed by atoms with Crippen LogP contribution in [0.4, 0.5) is 10.8 Å². The summed E-state index contributed by atoms with van der Waals surface area (Å²) >= 11 is 1.32. The van der Waals surface area contributed by atoms with Crippen molar-refractivity contribution in [1.29, 1.82) is 5.26 Å². The van der Waals surface area contributed by atoms with Gasteiger partial charge in [-0.1, -0.05) is 13.8 Å². The number of anilines is 2. The molecule has 15 heavy (non-hydrogen) atoms. The Morgan fingerprint density at radius 2 is 2.00 bits per heavy atom. The Kier molecular flexibility index (Phi) is 4.37. The van der Waals surface area contributed by atoms with Crippen LogP contribution >= 0.6 is 11.5 Å². The molecule has 0 fully saturated rings. The standard InChI is InChI=1S/C10H16N4S/c1-3-5-14(6-4-2)10-8(7-11)9(12)13-15-10/h3-6H2,1-2H3,(H2,12,13).